The standard InChI is InChI=1S/C24H42N2O7S/c1-34-23(31)18-25-20(27)17-16-19(24(32)33)26-21(28)14-12-10-8-6-4-2-3-5-7-9-11-13-15-22(29)30/h19,34H,1-18H2,(H,25,27)(H,26,28)(H,29,30)(H,32,33)/t19-/m0/s1. The molecule has 1 atom stereocenters. The van der Waals surface area contributed by atoms with E-state index in [1.165, 1.54) is 19.3 Å². The number of rotatable bonds is 22. The number of carbonyl (C=O) groups is 5. The fourth-order valence-corrected chi connectivity index (χ4v) is 3.64. The van der Waals surface area contributed by atoms with Crippen molar-refractivity contribution in [1.82, 2.24) is 10.6 Å². The van der Waals surface area contributed by atoms with Gasteiger partial charge in [-0.15, -0.1) is 11.4 Å². The SMILES string of the molecule is C=[SH]C(=O)CNC(=O)CC[C@H](NC(=O)CCCCCCCCCCCCCCC(=O)O)C(=O)O. The smallest absolute Gasteiger partial charge is 0.326 e. The number of carboxylic acid groups (broad SMARTS) is 2. The Bertz CT molecular complexity index is 655. The molecule has 0 aliphatic heterocycles. The molecule has 0 unspecified atom stereocenters. The molecule has 0 aromatic rings. The minimum absolute atomic E-state index is 0.0362. The van der Waals surface area contributed by atoms with Gasteiger partial charge >= 0.3 is 11.9 Å². The lowest BCUT2D eigenvalue weighted by molar-refractivity contribution is -0.142. The summed E-state index contributed by atoms with van der Waals surface area (Å²) in [6.07, 6.45) is 12.9. The molecule has 0 spiro atoms. The number of aliphatic carboxylic acids is 2. The molecule has 0 aliphatic rings. The van der Waals surface area contributed by atoms with E-state index in [-0.39, 0.29) is 43.3 Å². The quantitative estimate of drug-likeness (QED) is 0.0864. The third kappa shape index (κ3) is 20.4. The third-order valence-corrected chi connectivity index (χ3v) is 5.96. The Morgan fingerprint density at radius 1 is 0.676 bits per heavy atom. The van der Waals surface area contributed by atoms with Gasteiger partial charge in [-0.2, -0.15) is 0 Å². The van der Waals surface area contributed by atoms with Crippen molar-refractivity contribution < 1.29 is 34.2 Å². The zero-order valence-electron chi connectivity index (χ0n) is 20.2. The van der Waals surface area contributed by atoms with Crippen LogP contribution in [0.25, 0.3) is 0 Å². The van der Waals surface area contributed by atoms with Gasteiger partial charge in [0.2, 0.25) is 11.8 Å². The highest BCUT2D eigenvalue weighted by Crippen LogP contribution is 2.13. The Labute approximate surface area is 206 Å². The van der Waals surface area contributed by atoms with Crippen molar-refractivity contribution in [3.05, 3.63) is 0 Å². The maximum atomic E-state index is 12.0. The maximum Gasteiger partial charge on any atom is 0.326 e. The zero-order chi connectivity index (χ0) is 25.6. The molecule has 0 rings (SSSR count). The molecule has 4 N–H and O–H groups in total. The monoisotopic (exact) mass is 502 g/mol. The first-order valence-electron chi connectivity index (χ1n) is 12.3. The summed E-state index contributed by atoms with van der Waals surface area (Å²) < 4.78 is 0. The number of carbonyl (C=O) groups excluding carboxylic acids is 3. The first kappa shape index (κ1) is 31.8. The molecule has 34 heavy (non-hydrogen) atoms. The lowest BCUT2D eigenvalue weighted by Crippen LogP contribution is -2.41. The van der Waals surface area contributed by atoms with Gasteiger partial charge in [0, 0.05) is 19.3 Å². The molecule has 0 radical (unpaired) electrons. The van der Waals surface area contributed by atoms with Crippen LogP contribution >= 0.6 is 11.4 Å². The van der Waals surface area contributed by atoms with Crippen molar-refractivity contribution in [2.75, 3.05) is 6.54 Å². The molecule has 9 nitrogen and oxygen atoms in total. The normalized spacial score (nSPS) is 11.5. The van der Waals surface area contributed by atoms with Gasteiger partial charge in [0.05, 0.1) is 6.54 Å². The van der Waals surface area contributed by atoms with E-state index >= 15 is 0 Å². The topological polar surface area (TPSA) is 150 Å². The lowest BCUT2D eigenvalue weighted by atomic mass is 10.0. The lowest BCUT2D eigenvalue weighted by Gasteiger charge is -2.14. The fraction of sp³-hybridized carbons (Fsp3) is 0.750. The van der Waals surface area contributed by atoms with Crippen LogP contribution in [0.15, 0.2) is 0 Å². The highest BCUT2D eigenvalue weighted by molar-refractivity contribution is 8.10. The molecule has 0 aromatic carbocycles. The molecule has 196 valence electrons. The molecule has 0 aliphatic carbocycles. The van der Waals surface area contributed by atoms with E-state index < -0.39 is 23.9 Å². The van der Waals surface area contributed by atoms with E-state index in [4.69, 9.17) is 5.11 Å². The number of carboxylic acids is 2. The Morgan fingerprint density at radius 2 is 1.15 bits per heavy atom. The molecule has 0 fully saturated rings. The molecule has 0 saturated carbocycles. The average Bonchev–Trinajstić information content (AvgIpc) is 2.79. The average molecular weight is 503 g/mol. The van der Waals surface area contributed by atoms with E-state index in [1.807, 2.05) is 0 Å². The predicted molar refractivity (Wildman–Crippen MR) is 135 cm³/mol. The van der Waals surface area contributed by atoms with E-state index in [0.29, 0.717) is 17.8 Å². The molecule has 0 aromatic heterocycles. The molecule has 10 heteroatoms. The second-order valence-electron chi connectivity index (χ2n) is 8.46. The highest BCUT2D eigenvalue weighted by Gasteiger charge is 2.20. The summed E-state index contributed by atoms with van der Waals surface area (Å²) in [5.74, 6) is 0.723. The number of unbranched alkanes of at least 4 members (excludes halogenated alkanes) is 11. The van der Waals surface area contributed by atoms with Gasteiger partial charge in [-0.1, -0.05) is 70.1 Å². The van der Waals surface area contributed by atoms with Gasteiger partial charge in [0.15, 0.2) is 5.12 Å². The van der Waals surface area contributed by atoms with E-state index in [2.05, 4.69) is 16.5 Å². The Hall–Kier alpha value is -2.23. The first-order valence-corrected chi connectivity index (χ1v) is 13.3. The third-order valence-electron chi connectivity index (χ3n) is 5.45. The van der Waals surface area contributed by atoms with Crippen LogP contribution in [0.1, 0.15) is 103 Å². The minimum atomic E-state index is -1.19. The second kappa shape index (κ2) is 21.3. The number of nitrogens with one attached hydrogen (secondary N) is 2. The Morgan fingerprint density at radius 3 is 1.59 bits per heavy atom. The van der Waals surface area contributed by atoms with Gasteiger partial charge < -0.3 is 20.8 Å². The zero-order valence-corrected chi connectivity index (χ0v) is 21.1. The predicted octanol–water partition coefficient (Wildman–Crippen LogP) is 3.42. The summed E-state index contributed by atoms with van der Waals surface area (Å²) >= 11 is 0.303. The summed E-state index contributed by atoms with van der Waals surface area (Å²) in [4.78, 5) is 56.6. The van der Waals surface area contributed by atoms with Crippen LogP contribution in [0.5, 0.6) is 0 Å². The van der Waals surface area contributed by atoms with Crippen molar-refractivity contribution in [1.29, 1.82) is 0 Å². The number of hydrogen-bond acceptors (Lipinski definition) is 5. The van der Waals surface area contributed by atoms with Crippen molar-refractivity contribution in [3.8, 4) is 0 Å². The maximum absolute atomic E-state index is 12.0. The van der Waals surface area contributed by atoms with Crippen molar-refractivity contribution in [2.24, 2.45) is 0 Å². The summed E-state index contributed by atoms with van der Waals surface area (Å²) in [5.41, 5.74) is 0. The summed E-state index contributed by atoms with van der Waals surface area (Å²) in [7, 11) is 0. The van der Waals surface area contributed by atoms with Gasteiger partial charge in [0.25, 0.3) is 0 Å². The van der Waals surface area contributed by atoms with E-state index in [9.17, 15) is 29.1 Å². The second-order valence-corrected chi connectivity index (χ2v) is 9.28. The number of hydrogen-bond donors (Lipinski definition) is 5. The van der Waals surface area contributed by atoms with Crippen LogP contribution in [0.4, 0.5) is 0 Å². The minimum Gasteiger partial charge on any atom is -0.481 e. The van der Waals surface area contributed by atoms with Crippen molar-refractivity contribution in [2.45, 2.75) is 109 Å². The number of thiol groups is 1. The number of amides is 2. The van der Waals surface area contributed by atoms with Crippen LogP contribution in [-0.4, -0.2) is 57.5 Å². The molecule has 0 saturated heterocycles. The van der Waals surface area contributed by atoms with Gasteiger partial charge in [-0.3, -0.25) is 19.2 Å². The van der Waals surface area contributed by atoms with Crippen LogP contribution < -0.4 is 10.6 Å². The van der Waals surface area contributed by atoms with Crippen molar-refractivity contribution >= 4 is 46.1 Å². The van der Waals surface area contributed by atoms with E-state index in [1.54, 1.807) is 0 Å². The largest absolute Gasteiger partial charge is 0.481 e. The van der Waals surface area contributed by atoms with Crippen LogP contribution in [-0.2, 0) is 24.0 Å². The molecular weight excluding hydrogens is 460 g/mol. The summed E-state index contributed by atoms with van der Waals surface area (Å²) in [5, 5.41) is 22.5. The molecule has 0 bridgehead atoms. The Balaban J connectivity index is 3.71. The molecule has 0 heterocycles. The highest BCUT2D eigenvalue weighted by atomic mass is 32.1. The summed E-state index contributed by atoms with van der Waals surface area (Å²) in [6.45, 7) is -0.135. The summed E-state index contributed by atoms with van der Waals surface area (Å²) in [6, 6.07) is -1.13. The fourth-order valence-electron chi connectivity index (χ4n) is 3.45. The van der Waals surface area contributed by atoms with E-state index in [0.717, 1.165) is 51.4 Å². The van der Waals surface area contributed by atoms with Crippen LogP contribution in [0.2, 0.25) is 0 Å². The molecule has 2 amide bonds. The van der Waals surface area contributed by atoms with Crippen molar-refractivity contribution in [3.63, 3.8) is 0 Å². The van der Waals surface area contributed by atoms with Gasteiger partial charge in [-0.05, 0) is 19.3 Å². The van der Waals surface area contributed by atoms with Crippen LogP contribution in [0.3, 0.4) is 0 Å². The van der Waals surface area contributed by atoms with Gasteiger partial charge in [0.1, 0.15) is 6.04 Å². The first-order chi connectivity index (χ1) is 16.3. The van der Waals surface area contributed by atoms with Crippen LogP contribution in [0, 0.1) is 0 Å². The van der Waals surface area contributed by atoms with Gasteiger partial charge in [-0.25, -0.2) is 4.79 Å². The molecular formula is C24H42N2O7S. The Kier molecular flexibility index (Phi) is 19.9.